The summed E-state index contributed by atoms with van der Waals surface area (Å²) in [5.41, 5.74) is 2.98. The Kier molecular flexibility index (Phi) is 3.19. The van der Waals surface area contributed by atoms with E-state index in [1.807, 2.05) is 0 Å². The van der Waals surface area contributed by atoms with E-state index in [9.17, 15) is 5.11 Å². The van der Waals surface area contributed by atoms with Crippen LogP contribution in [-0.2, 0) is 6.42 Å². The molecule has 17 heavy (non-hydrogen) atoms. The lowest BCUT2D eigenvalue weighted by Gasteiger charge is -2.32. The normalized spacial score (nSPS) is 25.4. The van der Waals surface area contributed by atoms with Crippen molar-refractivity contribution < 1.29 is 5.11 Å². The number of fused-ring (bicyclic) bond motifs is 1. The van der Waals surface area contributed by atoms with E-state index in [0.29, 0.717) is 5.92 Å². The third-order valence-electron chi connectivity index (χ3n) is 4.60. The molecular formula is C16H22O. The van der Waals surface area contributed by atoms with E-state index >= 15 is 0 Å². The SMILES string of the molecule is OC(CC1CCCC1)CC1Cc2ccccc21. The molecule has 0 amide bonds. The molecule has 0 spiro atoms. The van der Waals surface area contributed by atoms with Gasteiger partial charge in [-0.3, -0.25) is 0 Å². The molecule has 3 rings (SSSR count). The highest BCUT2D eigenvalue weighted by Gasteiger charge is 2.28. The maximum atomic E-state index is 10.2. The van der Waals surface area contributed by atoms with E-state index in [-0.39, 0.29) is 6.10 Å². The smallest absolute Gasteiger partial charge is 0.0548 e. The van der Waals surface area contributed by atoms with Gasteiger partial charge in [0.15, 0.2) is 0 Å². The predicted octanol–water partition coefficient (Wildman–Crippen LogP) is 3.66. The first-order chi connectivity index (χ1) is 8.33. The van der Waals surface area contributed by atoms with Crippen LogP contribution in [0.2, 0.25) is 0 Å². The minimum Gasteiger partial charge on any atom is -0.393 e. The second kappa shape index (κ2) is 4.81. The summed E-state index contributed by atoms with van der Waals surface area (Å²) in [7, 11) is 0. The molecule has 0 heterocycles. The number of aliphatic hydroxyl groups is 1. The average molecular weight is 230 g/mol. The van der Waals surface area contributed by atoms with Crippen molar-refractivity contribution in [2.75, 3.05) is 0 Å². The molecule has 92 valence electrons. The lowest BCUT2D eigenvalue weighted by atomic mass is 9.74. The van der Waals surface area contributed by atoms with Crippen LogP contribution in [0.15, 0.2) is 24.3 Å². The summed E-state index contributed by atoms with van der Waals surface area (Å²) in [5, 5.41) is 10.2. The lowest BCUT2D eigenvalue weighted by Crippen LogP contribution is -2.23. The number of rotatable bonds is 4. The minimum absolute atomic E-state index is 0.0727. The second-order valence-electron chi connectivity index (χ2n) is 5.88. The van der Waals surface area contributed by atoms with Gasteiger partial charge in [-0.05, 0) is 42.2 Å². The molecule has 1 nitrogen and oxygen atoms in total. The molecule has 2 aliphatic rings. The van der Waals surface area contributed by atoms with Gasteiger partial charge in [-0.15, -0.1) is 0 Å². The van der Waals surface area contributed by atoms with Gasteiger partial charge in [-0.1, -0.05) is 49.9 Å². The van der Waals surface area contributed by atoms with E-state index in [1.165, 1.54) is 43.2 Å². The van der Waals surface area contributed by atoms with E-state index < -0.39 is 0 Å². The first-order valence-electron chi connectivity index (χ1n) is 7.09. The maximum Gasteiger partial charge on any atom is 0.0548 e. The zero-order chi connectivity index (χ0) is 11.7. The molecule has 2 unspecified atom stereocenters. The Morgan fingerprint density at radius 1 is 1.12 bits per heavy atom. The third-order valence-corrected chi connectivity index (χ3v) is 4.60. The third kappa shape index (κ3) is 2.40. The summed E-state index contributed by atoms with van der Waals surface area (Å²) in [6.45, 7) is 0. The highest BCUT2D eigenvalue weighted by Crippen LogP contribution is 2.39. The number of aliphatic hydroxyl groups excluding tert-OH is 1. The van der Waals surface area contributed by atoms with Crippen LogP contribution in [0.25, 0.3) is 0 Å². The van der Waals surface area contributed by atoms with Crippen molar-refractivity contribution >= 4 is 0 Å². The van der Waals surface area contributed by atoms with Gasteiger partial charge in [0.25, 0.3) is 0 Å². The van der Waals surface area contributed by atoms with Gasteiger partial charge in [0.1, 0.15) is 0 Å². The number of hydrogen-bond acceptors (Lipinski definition) is 1. The average Bonchev–Trinajstić information content (AvgIpc) is 2.79. The Morgan fingerprint density at radius 2 is 1.88 bits per heavy atom. The largest absolute Gasteiger partial charge is 0.393 e. The second-order valence-corrected chi connectivity index (χ2v) is 5.88. The summed E-state index contributed by atoms with van der Waals surface area (Å²) in [4.78, 5) is 0. The highest BCUT2D eigenvalue weighted by atomic mass is 16.3. The van der Waals surface area contributed by atoms with Crippen molar-refractivity contribution in [3.63, 3.8) is 0 Å². The Labute approximate surface area is 104 Å². The van der Waals surface area contributed by atoms with Gasteiger partial charge in [0.2, 0.25) is 0 Å². The van der Waals surface area contributed by atoms with Gasteiger partial charge in [0, 0.05) is 0 Å². The van der Waals surface area contributed by atoms with Crippen LogP contribution in [0, 0.1) is 5.92 Å². The Balaban J connectivity index is 1.51. The van der Waals surface area contributed by atoms with Crippen LogP contribution >= 0.6 is 0 Å². The molecule has 1 heteroatoms. The van der Waals surface area contributed by atoms with Gasteiger partial charge < -0.3 is 5.11 Å². The van der Waals surface area contributed by atoms with Crippen molar-refractivity contribution in [1.82, 2.24) is 0 Å². The van der Waals surface area contributed by atoms with Crippen molar-refractivity contribution in [1.29, 1.82) is 0 Å². The molecule has 1 saturated carbocycles. The lowest BCUT2D eigenvalue weighted by molar-refractivity contribution is 0.122. The fourth-order valence-corrected chi connectivity index (χ4v) is 3.63. The molecule has 1 fully saturated rings. The van der Waals surface area contributed by atoms with Crippen molar-refractivity contribution in [2.24, 2.45) is 5.92 Å². The molecule has 0 bridgehead atoms. The maximum absolute atomic E-state index is 10.2. The molecule has 0 saturated heterocycles. The standard InChI is InChI=1S/C16H22O/c17-15(9-12-5-1-2-6-12)11-14-10-13-7-3-4-8-16(13)14/h3-4,7-8,12,14-15,17H,1-2,5-6,9-11H2. The summed E-state index contributed by atoms with van der Waals surface area (Å²) >= 11 is 0. The first-order valence-corrected chi connectivity index (χ1v) is 7.09. The fraction of sp³-hybridized carbons (Fsp3) is 0.625. The molecule has 1 N–H and O–H groups in total. The summed E-state index contributed by atoms with van der Waals surface area (Å²) < 4.78 is 0. The van der Waals surface area contributed by atoms with Gasteiger partial charge in [-0.25, -0.2) is 0 Å². The molecule has 2 aliphatic carbocycles. The zero-order valence-electron chi connectivity index (χ0n) is 10.4. The van der Waals surface area contributed by atoms with Crippen LogP contribution in [0.4, 0.5) is 0 Å². The van der Waals surface area contributed by atoms with Gasteiger partial charge >= 0.3 is 0 Å². The van der Waals surface area contributed by atoms with E-state index in [1.54, 1.807) is 0 Å². The molecule has 1 aromatic rings. The summed E-state index contributed by atoms with van der Waals surface area (Å²) in [5.74, 6) is 1.43. The highest BCUT2D eigenvalue weighted by molar-refractivity contribution is 5.39. The Bertz CT molecular complexity index is 379. The summed E-state index contributed by atoms with van der Waals surface area (Å²) in [6, 6.07) is 8.68. The molecule has 0 aromatic heterocycles. The zero-order valence-corrected chi connectivity index (χ0v) is 10.4. The quantitative estimate of drug-likeness (QED) is 0.837. The number of hydrogen-bond donors (Lipinski definition) is 1. The van der Waals surface area contributed by atoms with Crippen LogP contribution in [-0.4, -0.2) is 11.2 Å². The van der Waals surface area contributed by atoms with Crippen LogP contribution in [0.3, 0.4) is 0 Å². The van der Waals surface area contributed by atoms with Crippen molar-refractivity contribution in [3.8, 4) is 0 Å². The fourth-order valence-electron chi connectivity index (χ4n) is 3.63. The summed E-state index contributed by atoms with van der Waals surface area (Å²) in [6.07, 6.45) is 8.57. The van der Waals surface area contributed by atoms with Gasteiger partial charge in [-0.2, -0.15) is 0 Å². The van der Waals surface area contributed by atoms with E-state index in [4.69, 9.17) is 0 Å². The first kappa shape index (κ1) is 11.3. The van der Waals surface area contributed by atoms with Gasteiger partial charge in [0.05, 0.1) is 6.10 Å². The van der Waals surface area contributed by atoms with E-state index in [0.717, 1.165) is 18.8 Å². The van der Waals surface area contributed by atoms with E-state index in [2.05, 4.69) is 24.3 Å². The van der Waals surface area contributed by atoms with Crippen molar-refractivity contribution in [2.45, 2.75) is 57.0 Å². The molecule has 2 atom stereocenters. The monoisotopic (exact) mass is 230 g/mol. The van der Waals surface area contributed by atoms with Crippen LogP contribution < -0.4 is 0 Å². The Morgan fingerprint density at radius 3 is 2.65 bits per heavy atom. The number of benzene rings is 1. The topological polar surface area (TPSA) is 20.2 Å². The predicted molar refractivity (Wildman–Crippen MR) is 70.1 cm³/mol. The molecule has 0 aliphatic heterocycles. The molecule has 1 aromatic carbocycles. The minimum atomic E-state index is -0.0727. The van der Waals surface area contributed by atoms with Crippen molar-refractivity contribution in [3.05, 3.63) is 35.4 Å². The Hall–Kier alpha value is -0.820. The molecule has 0 radical (unpaired) electrons. The van der Waals surface area contributed by atoms with Crippen LogP contribution in [0.1, 0.15) is 55.6 Å². The van der Waals surface area contributed by atoms with Crippen LogP contribution in [0.5, 0.6) is 0 Å². The molecular weight excluding hydrogens is 208 g/mol.